The fraction of sp³-hybridized carbons (Fsp3) is 0.296. The smallest absolute Gasteiger partial charge is 0.214 e. The monoisotopic (exact) mass is 519 g/mol. The topological polar surface area (TPSA) is 107 Å². The van der Waals surface area contributed by atoms with Crippen LogP contribution in [0.2, 0.25) is 0 Å². The van der Waals surface area contributed by atoms with E-state index in [1.54, 1.807) is 6.20 Å². The van der Waals surface area contributed by atoms with Crippen LogP contribution in [0.1, 0.15) is 12.0 Å². The Kier molecular flexibility index (Phi) is 7.76. The standard InChI is InChI=1S/C27H29N5O4S/c33-37(34)15-12-32(13-16-37)11-4-14-35-26-17-24-25(18-28-26)29-20-30-27(24)31-22-7-9-23(10-8-22)36-19-21-5-2-1-3-6-21/h1-3,5-10,17-18,20H,4,11-16,19H2,(H,29,30,31). The maximum Gasteiger partial charge on any atom is 0.214 e. The number of sulfone groups is 1. The van der Waals surface area contributed by atoms with Crippen LogP contribution in [0, 0.1) is 0 Å². The van der Waals surface area contributed by atoms with Gasteiger partial charge in [-0.2, -0.15) is 0 Å². The van der Waals surface area contributed by atoms with E-state index < -0.39 is 9.84 Å². The van der Waals surface area contributed by atoms with Crippen LogP contribution < -0.4 is 14.8 Å². The minimum Gasteiger partial charge on any atom is -0.489 e. The van der Waals surface area contributed by atoms with Gasteiger partial charge in [0.2, 0.25) is 5.88 Å². The second-order valence-electron chi connectivity index (χ2n) is 8.88. The van der Waals surface area contributed by atoms with E-state index in [2.05, 4.69) is 25.2 Å². The molecule has 2 aromatic carbocycles. The highest BCUT2D eigenvalue weighted by atomic mass is 32.2. The number of rotatable bonds is 10. The van der Waals surface area contributed by atoms with Crippen LogP contribution in [0.3, 0.4) is 0 Å². The molecule has 0 spiro atoms. The van der Waals surface area contributed by atoms with Crippen LogP contribution in [0.15, 0.2) is 73.2 Å². The lowest BCUT2D eigenvalue weighted by atomic mass is 10.2. The Morgan fingerprint density at radius 2 is 1.70 bits per heavy atom. The van der Waals surface area contributed by atoms with Crippen molar-refractivity contribution in [2.45, 2.75) is 13.0 Å². The second kappa shape index (κ2) is 11.5. The molecular weight excluding hydrogens is 490 g/mol. The molecule has 1 fully saturated rings. The first-order valence-electron chi connectivity index (χ1n) is 12.2. The van der Waals surface area contributed by atoms with Gasteiger partial charge in [0.15, 0.2) is 9.84 Å². The average molecular weight is 520 g/mol. The summed E-state index contributed by atoms with van der Waals surface area (Å²) in [7, 11) is -2.86. The molecule has 192 valence electrons. The fourth-order valence-electron chi connectivity index (χ4n) is 4.07. The van der Waals surface area contributed by atoms with Crippen molar-refractivity contribution in [3.05, 3.63) is 78.8 Å². The number of ether oxygens (including phenoxy) is 2. The number of aromatic nitrogens is 3. The summed E-state index contributed by atoms with van der Waals surface area (Å²) >= 11 is 0. The van der Waals surface area contributed by atoms with E-state index in [1.165, 1.54) is 6.33 Å². The van der Waals surface area contributed by atoms with E-state index in [0.29, 0.717) is 43.5 Å². The van der Waals surface area contributed by atoms with Gasteiger partial charge in [-0.3, -0.25) is 0 Å². The summed E-state index contributed by atoms with van der Waals surface area (Å²) in [6, 6.07) is 19.6. The number of nitrogens with one attached hydrogen (secondary N) is 1. The highest BCUT2D eigenvalue weighted by molar-refractivity contribution is 7.91. The lowest BCUT2D eigenvalue weighted by Gasteiger charge is -2.26. The zero-order valence-electron chi connectivity index (χ0n) is 20.4. The third-order valence-corrected chi connectivity index (χ3v) is 7.78. The summed E-state index contributed by atoms with van der Waals surface area (Å²) in [5.74, 6) is 2.41. The third-order valence-electron chi connectivity index (χ3n) is 6.17. The molecule has 0 amide bonds. The first-order chi connectivity index (χ1) is 18.0. The number of hydrogen-bond acceptors (Lipinski definition) is 9. The summed E-state index contributed by atoms with van der Waals surface area (Å²) in [6.07, 6.45) is 3.96. The predicted octanol–water partition coefficient (Wildman–Crippen LogP) is 3.85. The molecule has 0 aliphatic carbocycles. The van der Waals surface area contributed by atoms with Gasteiger partial charge >= 0.3 is 0 Å². The molecule has 3 heterocycles. The number of fused-ring (bicyclic) bond motifs is 1. The first-order valence-corrected chi connectivity index (χ1v) is 14.1. The molecule has 1 aliphatic heterocycles. The zero-order chi connectivity index (χ0) is 25.5. The van der Waals surface area contributed by atoms with Crippen LogP contribution in [0.5, 0.6) is 11.6 Å². The number of pyridine rings is 1. The molecule has 5 rings (SSSR count). The molecule has 9 nitrogen and oxygen atoms in total. The Labute approximate surface area is 216 Å². The van der Waals surface area contributed by atoms with Gasteiger partial charge in [-0.05, 0) is 36.2 Å². The van der Waals surface area contributed by atoms with Gasteiger partial charge in [0.1, 0.15) is 24.5 Å². The highest BCUT2D eigenvalue weighted by Crippen LogP contribution is 2.26. The van der Waals surface area contributed by atoms with Crippen molar-refractivity contribution in [2.75, 3.05) is 43.1 Å². The van der Waals surface area contributed by atoms with E-state index >= 15 is 0 Å². The zero-order valence-corrected chi connectivity index (χ0v) is 21.2. The quantitative estimate of drug-likeness (QED) is 0.313. The molecule has 0 saturated carbocycles. The number of nitrogens with zero attached hydrogens (tertiary/aromatic N) is 4. The second-order valence-corrected chi connectivity index (χ2v) is 11.2. The highest BCUT2D eigenvalue weighted by Gasteiger charge is 2.20. The van der Waals surface area contributed by atoms with Crippen molar-refractivity contribution < 1.29 is 17.9 Å². The number of anilines is 2. The van der Waals surface area contributed by atoms with Crippen LogP contribution in [0.25, 0.3) is 10.9 Å². The number of hydrogen-bond donors (Lipinski definition) is 1. The Morgan fingerprint density at radius 1 is 0.919 bits per heavy atom. The van der Waals surface area contributed by atoms with Crippen molar-refractivity contribution >= 4 is 32.2 Å². The first kappa shape index (κ1) is 24.9. The number of benzene rings is 2. The molecule has 37 heavy (non-hydrogen) atoms. The normalized spacial score (nSPS) is 15.4. The molecule has 2 aromatic heterocycles. The Balaban J connectivity index is 1.17. The van der Waals surface area contributed by atoms with Crippen LogP contribution in [0.4, 0.5) is 11.5 Å². The van der Waals surface area contributed by atoms with Gasteiger partial charge in [-0.15, -0.1) is 0 Å². The van der Waals surface area contributed by atoms with Gasteiger partial charge < -0.3 is 19.7 Å². The molecule has 1 N–H and O–H groups in total. The molecule has 1 aliphatic rings. The van der Waals surface area contributed by atoms with E-state index in [0.717, 1.165) is 35.4 Å². The van der Waals surface area contributed by atoms with E-state index in [4.69, 9.17) is 9.47 Å². The van der Waals surface area contributed by atoms with Gasteiger partial charge in [0.25, 0.3) is 0 Å². The van der Waals surface area contributed by atoms with E-state index in [-0.39, 0.29) is 11.5 Å². The minimum absolute atomic E-state index is 0.235. The van der Waals surface area contributed by atoms with E-state index in [9.17, 15) is 8.42 Å². The molecule has 0 bridgehead atoms. The molecule has 1 saturated heterocycles. The average Bonchev–Trinajstić information content (AvgIpc) is 2.92. The summed E-state index contributed by atoms with van der Waals surface area (Å²) < 4.78 is 34.9. The molecule has 0 atom stereocenters. The minimum atomic E-state index is -2.86. The lowest BCUT2D eigenvalue weighted by molar-refractivity contribution is 0.241. The maximum atomic E-state index is 11.6. The van der Waals surface area contributed by atoms with Crippen molar-refractivity contribution in [3.8, 4) is 11.6 Å². The van der Waals surface area contributed by atoms with Gasteiger partial charge in [0, 0.05) is 36.8 Å². The maximum absolute atomic E-state index is 11.6. The predicted molar refractivity (Wildman–Crippen MR) is 143 cm³/mol. The van der Waals surface area contributed by atoms with Crippen molar-refractivity contribution in [1.29, 1.82) is 0 Å². The SMILES string of the molecule is O=S1(=O)CCN(CCCOc2cc3c(Nc4ccc(OCc5ccccc5)cc4)ncnc3cn2)CC1. The Hall–Kier alpha value is -3.76. The van der Waals surface area contributed by atoms with Crippen LogP contribution in [-0.2, 0) is 16.4 Å². The molecule has 10 heteroatoms. The Morgan fingerprint density at radius 3 is 2.49 bits per heavy atom. The van der Waals surface area contributed by atoms with Gasteiger partial charge in [-0.1, -0.05) is 30.3 Å². The van der Waals surface area contributed by atoms with Crippen molar-refractivity contribution in [3.63, 3.8) is 0 Å². The summed E-state index contributed by atoms with van der Waals surface area (Å²) in [4.78, 5) is 15.3. The molecular formula is C27H29N5O4S. The summed E-state index contributed by atoms with van der Waals surface area (Å²) in [5.41, 5.74) is 2.70. The summed E-state index contributed by atoms with van der Waals surface area (Å²) in [5, 5.41) is 4.15. The van der Waals surface area contributed by atoms with Crippen LogP contribution in [-0.4, -0.2) is 66.0 Å². The van der Waals surface area contributed by atoms with Crippen LogP contribution >= 0.6 is 0 Å². The van der Waals surface area contributed by atoms with Gasteiger partial charge in [0.05, 0.1) is 29.8 Å². The molecule has 4 aromatic rings. The van der Waals surface area contributed by atoms with Crippen molar-refractivity contribution in [2.24, 2.45) is 0 Å². The summed E-state index contributed by atoms with van der Waals surface area (Å²) in [6.45, 7) is 2.97. The van der Waals surface area contributed by atoms with E-state index in [1.807, 2.05) is 60.7 Å². The Bertz CT molecular complexity index is 1420. The van der Waals surface area contributed by atoms with Gasteiger partial charge in [-0.25, -0.2) is 23.4 Å². The molecule has 0 radical (unpaired) electrons. The third kappa shape index (κ3) is 6.93. The largest absolute Gasteiger partial charge is 0.489 e. The molecule has 0 unspecified atom stereocenters. The lowest BCUT2D eigenvalue weighted by Crippen LogP contribution is -2.40. The van der Waals surface area contributed by atoms with Crippen molar-refractivity contribution in [1.82, 2.24) is 19.9 Å². The fourth-order valence-corrected chi connectivity index (χ4v) is 5.35.